The lowest BCUT2D eigenvalue weighted by molar-refractivity contribution is -0.0176. The molecule has 8 heteroatoms. The Hall–Kier alpha value is -1.54. The van der Waals surface area contributed by atoms with Gasteiger partial charge in [0.1, 0.15) is 6.10 Å². The lowest BCUT2D eigenvalue weighted by Crippen LogP contribution is -2.48. The Balaban J connectivity index is 1.35. The molecule has 4 heterocycles. The highest BCUT2D eigenvalue weighted by atomic mass is 32.2. The minimum absolute atomic E-state index is 0.0135. The smallest absolute Gasteiger partial charge is 0.317 e. The van der Waals surface area contributed by atoms with E-state index in [1.807, 2.05) is 22.7 Å². The number of nitrogens with one attached hydrogen (secondary N) is 1. The molecule has 0 spiro atoms. The summed E-state index contributed by atoms with van der Waals surface area (Å²) >= 11 is 1.96. The topological polar surface area (TPSA) is 70.6 Å². The molecule has 4 rings (SSSR count). The monoisotopic (exact) mass is 377 g/mol. The minimum atomic E-state index is -0.181. The Morgan fingerprint density at radius 1 is 1.31 bits per heavy atom. The summed E-state index contributed by atoms with van der Waals surface area (Å²) in [6.45, 7) is 4.51. The molecule has 0 aromatic carbocycles. The molecule has 3 fully saturated rings. The molecule has 0 saturated carbocycles. The molecule has 2 amide bonds. The number of carbonyl (C=O) groups is 1. The number of amides is 2. The standard InChI is InChI=1S/C18H27N5O2S/c24-18(20-12-14-4-3-11-26-14)23-9-10-25-16(13-23)15-5-6-19-17(21-15)22-7-1-2-8-22/h5-6,14,16H,1-4,7-13H2,(H,20,24)/t14-,16+/m1/s1. The van der Waals surface area contributed by atoms with Gasteiger partial charge in [0.05, 0.1) is 18.8 Å². The van der Waals surface area contributed by atoms with Gasteiger partial charge in [0.15, 0.2) is 0 Å². The summed E-state index contributed by atoms with van der Waals surface area (Å²) in [6.07, 6.45) is 6.48. The lowest BCUT2D eigenvalue weighted by atomic mass is 10.2. The molecular formula is C18H27N5O2S. The predicted octanol–water partition coefficient (Wildman–Crippen LogP) is 2.06. The summed E-state index contributed by atoms with van der Waals surface area (Å²) in [5.74, 6) is 2.00. The molecule has 142 valence electrons. The maximum atomic E-state index is 12.5. The third kappa shape index (κ3) is 4.23. The number of thioether (sulfide) groups is 1. The van der Waals surface area contributed by atoms with Crippen molar-refractivity contribution in [3.8, 4) is 0 Å². The van der Waals surface area contributed by atoms with Crippen LogP contribution >= 0.6 is 11.8 Å². The van der Waals surface area contributed by atoms with Crippen molar-refractivity contribution in [2.45, 2.75) is 37.0 Å². The molecule has 1 aromatic rings. The fraction of sp³-hybridized carbons (Fsp3) is 0.722. The van der Waals surface area contributed by atoms with Crippen molar-refractivity contribution in [1.82, 2.24) is 20.2 Å². The van der Waals surface area contributed by atoms with Crippen LogP contribution in [0.3, 0.4) is 0 Å². The van der Waals surface area contributed by atoms with Gasteiger partial charge in [0.2, 0.25) is 5.95 Å². The summed E-state index contributed by atoms with van der Waals surface area (Å²) in [6, 6.07) is 1.92. The molecule has 0 unspecified atom stereocenters. The molecule has 0 bridgehead atoms. The van der Waals surface area contributed by atoms with Crippen LogP contribution in [0.4, 0.5) is 10.7 Å². The molecule has 1 N–H and O–H groups in total. The van der Waals surface area contributed by atoms with Gasteiger partial charge in [-0.15, -0.1) is 0 Å². The quantitative estimate of drug-likeness (QED) is 0.866. The van der Waals surface area contributed by atoms with Crippen LogP contribution in [0.5, 0.6) is 0 Å². The first-order valence-corrected chi connectivity index (χ1v) is 10.7. The van der Waals surface area contributed by atoms with E-state index in [0.717, 1.165) is 31.3 Å². The third-order valence-electron chi connectivity index (χ3n) is 5.24. The number of urea groups is 1. The fourth-order valence-corrected chi connectivity index (χ4v) is 4.94. The summed E-state index contributed by atoms with van der Waals surface area (Å²) in [5.41, 5.74) is 0.866. The largest absolute Gasteiger partial charge is 0.368 e. The molecule has 3 aliphatic rings. The van der Waals surface area contributed by atoms with E-state index in [0.29, 0.717) is 24.9 Å². The minimum Gasteiger partial charge on any atom is -0.368 e. The van der Waals surface area contributed by atoms with Gasteiger partial charge in [-0.2, -0.15) is 11.8 Å². The second kappa shape index (κ2) is 8.43. The van der Waals surface area contributed by atoms with Crippen molar-refractivity contribution >= 4 is 23.7 Å². The highest BCUT2D eigenvalue weighted by Gasteiger charge is 2.28. The van der Waals surface area contributed by atoms with Crippen molar-refractivity contribution in [2.75, 3.05) is 50.0 Å². The zero-order valence-corrected chi connectivity index (χ0v) is 15.9. The van der Waals surface area contributed by atoms with Crippen LogP contribution in [0.2, 0.25) is 0 Å². The average Bonchev–Trinajstić information content (AvgIpc) is 3.40. The van der Waals surface area contributed by atoms with Crippen LogP contribution in [0.25, 0.3) is 0 Å². The Labute approximate surface area is 158 Å². The van der Waals surface area contributed by atoms with Crippen LogP contribution in [0.15, 0.2) is 12.3 Å². The van der Waals surface area contributed by atoms with Gasteiger partial charge in [-0.3, -0.25) is 0 Å². The van der Waals surface area contributed by atoms with Gasteiger partial charge >= 0.3 is 6.03 Å². The molecule has 7 nitrogen and oxygen atoms in total. The first-order chi connectivity index (χ1) is 12.8. The van der Waals surface area contributed by atoms with Gasteiger partial charge in [0.25, 0.3) is 0 Å². The van der Waals surface area contributed by atoms with Crippen LogP contribution in [0.1, 0.15) is 37.5 Å². The van der Waals surface area contributed by atoms with Crippen molar-refractivity contribution in [3.63, 3.8) is 0 Å². The zero-order chi connectivity index (χ0) is 17.8. The van der Waals surface area contributed by atoms with E-state index >= 15 is 0 Å². The normalized spacial score (nSPS) is 26.3. The molecule has 3 aliphatic heterocycles. The number of carbonyl (C=O) groups excluding carboxylic acids is 1. The Morgan fingerprint density at radius 3 is 3.00 bits per heavy atom. The van der Waals surface area contributed by atoms with E-state index in [-0.39, 0.29) is 12.1 Å². The zero-order valence-electron chi connectivity index (χ0n) is 15.1. The van der Waals surface area contributed by atoms with Crippen LogP contribution < -0.4 is 10.2 Å². The maximum absolute atomic E-state index is 12.5. The van der Waals surface area contributed by atoms with E-state index in [1.54, 1.807) is 6.20 Å². The van der Waals surface area contributed by atoms with E-state index in [9.17, 15) is 4.79 Å². The van der Waals surface area contributed by atoms with Crippen LogP contribution in [0, 0.1) is 0 Å². The highest BCUT2D eigenvalue weighted by Crippen LogP contribution is 2.26. The SMILES string of the molecule is O=C(NC[C@H]1CCCS1)N1CCO[C@H](c2ccnc(N3CCCC3)n2)C1. The Kier molecular flexibility index (Phi) is 5.79. The van der Waals surface area contributed by atoms with E-state index in [1.165, 1.54) is 31.4 Å². The summed E-state index contributed by atoms with van der Waals surface area (Å²) in [7, 11) is 0. The second-order valence-corrected chi connectivity index (χ2v) is 8.51. The number of hydrogen-bond acceptors (Lipinski definition) is 6. The number of hydrogen-bond donors (Lipinski definition) is 1. The molecule has 3 saturated heterocycles. The number of anilines is 1. The summed E-state index contributed by atoms with van der Waals surface area (Å²) in [5, 5.41) is 3.66. The average molecular weight is 378 g/mol. The third-order valence-corrected chi connectivity index (χ3v) is 6.64. The first kappa shape index (κ1) is 17.9. The van der Waals surface area contributed by atoms with Gasteiger partial charge < -0.3 is 19.9 Å². The summed E-state index contributed by atoms with van der Waals surface area (Å²) < 4.78 is 5.91. The summed E-state index contributed by atoms with van der Waals surface area (Å²) in [4.78, 5) is 25.7. The molecule has 1 aromatic heterocycles. The predicted molar refractivity (Wildman–Crippen MR) is 103 cm³/mol. The highest BCUT2D eigenvalue weighted by molar-refractivity contribution is 8.00. The van der Waals surface area contributed by atoms with Crippen molar-refractivity contribution in [1.29, 1.82) is 0 Å². The van der Waals surface area contributed by atoms with E-state index in [2.05, 4.69) is 15.2 Å². The first-order valence-electron chi connectivity index (χ1n) is 9.63. The van der Waals surface area contributed by atoms with Crippen molar-refractivity contribution in [3.05, 3.63) is 18.0 Å². The maximum Gasteiger partial charge on any atom is 0.317 e. The second-order valence-electron chi connectivity index (χ2n) is 7.10. The number of aromatic nitrogens is 2. The molecule has 2 atom stereocenters. The lowest BCUT2D eigenvalue weighted by Gasteiger charge is -2.33. The van der Waals surface area contributed by atoms with E-state index in [4.69, 9.17) is 9.72 Å². The van der Waals surface area contributed by atoms with Gasteiger partial charge in [-0.05, 0) is 37.5 Å². The fourth-order valence-electron chi connectivity index (χ4n) is 3.74. The molecule has 26 heavy (non-hydrogen) atoms. The van der Waals surface area contributed by atoms with Crippen LogP contribution in [-0.4, -0.2) is 71.2 Å². The molecule has 0 radical (unpaired) electrons. The number of morpholine rings is 1. The van der Waals surface area contributed by atoms with E-state index < -0.39 is 0 Å². The number of rotatable bonds is 4. The Morgan fingerprint density at radius 2 is 2.19 bits per heavy atom. The van der Waals surface area contributed by atoms with Gasteiger partial charge in [0, 0.05) is 37.6 Å². The van der Waals surface area contributed by atoms with Gasteiger partial charge in [-0.25, -0.2) is 14.8 Å². The van der Waals surface area contributed by atoms with Crippen molar-refractivity contribution < 1.29 is 9.53 Å². The Bertz CT molecular complexity index is 619. The number of ether oxygens (including phenoxy) is 1. The molecular weight excluding hydrogens is 350 g/mol. The van der Waals surface area contributed by atoms with Crippen molar-refractivity contribution in [2.24, 2.45) is 0 Å². The molecule has 0 aliphatic carbocycles. The van der Waals surface area contributed by atoms with Gasteiger partial charge in [-0.1, -0.05) is 0 Å². The van der Waals surface area contributed by atoms with Crippen LogP contribution in [-0.2, 0) is 4.74 Å². The number of nitrogens with zero attached hydrogens (tertiary/aromatic N) is 4.